The minimum atomic E-state index is -0.962. The fraction of sp³-hybridized carbons (Fsp3) is 0.667. The molecule has 17 heavy (non-hydrogen) atoms. The van der Waals surface area contributed by atoms with Gasteiger partial charge in [0.2, 0.25) is 6.35 Å². The van der Waals surface area contributed by atoms with Gasteiger partial charge < -0.3 is 30.3 Å². The number of hydrogen-bond acceptors (Lipinski definition) is 7. The summed E-state index contributed by atoms with van der Waals surface area (Å²) in [4.78, 5) is 5.69. The number of aliphatic imine (C=N–C) groups is 1. The van der Waals surface area contributed by atoms with Crippen LogP contribution in [0.3, 0.4) is 0 Å². The van der Waals surface area contributed by atoms with Gasteiger partial charge in [-0.1, -0.05) is 0 Å². The molecular formula is C9H14FN3O4. The lowest BCUT2D eigenvalue weighted by Gasteiger charge is -2.34. The summed E-state index contributed by atoms with van der Waals surface area (Å²) < 4.78 is 10.9. The van der Waals surface area contributed by atoms with E-state index in [1.165, 1.54) is 0 Å². The van der Waals surface area contributed by atoms with Gasteiger partial charge >= 0.3 is 0 Å². The van der Waals surface area contributed by atoms with E-state index in [-0.39, 0.29) is 11.3 Å². The summed E-state index contributed by atoms with van der Waals surface area (Å²) in [7, 11) is 0. The molecule has 5 atom stereocenters. The predicted octanol–water partition coefficient (Wildman–Crippen LogP) is -1.91. The minimum absolute atomic E-state index is 0. The van der Waals surface area contributed by atoms with Gasteiger partial charge in [0.1, 0.15) is 24.1 Å². The van der Waals surface area contributed by atoms with Crippen molar-refractivity contribution in [1.82, 2.24) is 4.90 Å². The molecule has 0 amide bonds. The molecule has 3 heterocycles. The standard InChI is InChI=1S/C9H13N3O4.FH/c10-5-1-2-12-8-7(14)6(13)4(16-8)3-15-9(12)11-5;/h1-2,4,6-9,13-14H,3H2,(H2,10,11);1H/t4-,6-,7-,8?,9?;/m1./s1. The van der Waals surface area contributed by atoms with E-state index in [9.17, 15) is 10.2 Å². The second kappa shape index (κ2) is 4.22. The molecule has 2 saturated heterocycles. The second-order valence-electron chi connectivity index (χ2n) is 4.02. The topological polar surface area (TPSA) is 101 Å². The van der Waals surface area contributed by atoms with Gasteiger partial charge in [-0.2, -0.15) is 0 Å². The maximum absolute atomic E-state index is 9.81. The van der Waals surface area contributed by atoms with Crippen LogP contribution in [0.15, 0.2) is 17.3 Å². The summed E-state index contributed by atoms with van der Waals surface area (Å²) in [6.07, 6.45) is -0.376. The SMILES string of the molecule is F.NC1=NC2OC[C@H]3OC([C@H](O)[C@@H]3O)N2C=C1. The van der Waals surface area contributed by atoms with Gasteiger partial charge in [0.15, 0.2) is 6.23 Å². The molecule has 0 aromatic carbocycles. The first-order valence-electron chi connectivity index (χ1n) is 5.09. The number of rotatable bonds is 0. The van der Waals surface area contributed by atoms with Crippen molar-refractivity contribution in [1.29, 1.82) is 0 Å². The van der Waals surface area contributed by atoms with Gasteiger partial charge in [-0.05, 0) is 6.08 Å². The van der Waals surface area contributed by atoms with Gasteiger partial charge in [0.25, 0.3) is 0 Å². The van der Waals surface area contributed by atoms with E-state index < -0.39 is 30.9 Å². The summed E-state index contributed by atoms with van der Waals surface area (Å²) in [6, 6.07) is 0. The van der Waals surface area contributed by atoms with E-state index in [1.807, 2.05) is 0 Å². The second-order valence-corrected chi connectivity index (χ2v) is 4.02. The number of fused-ring (bicyclic) bond motifs is 4. The zero-order chi connectivity index (χ0) is 11.3. The van der Waals surface area contributed by atoms with Crippen LogP contribution in [-0.2, 0) is 9.47 Å². The van der Waals surface area contributed by atoms with E-state index in [4.69, 9.17) is 15.2 Å². The first kappa shape index (κ1) is 12.2. The average molecular weight is 247 g/mol. The molecule has 2 unspecified atom stereocenters. The Bertz CT molecular complexity index is 364. The van der Waals surface area contributed by atoms with Crippen molar-refractivity contribution in [3.8, 4) is 0 Å². The molecule has 0 aromatic rings. The summed E-state index contributed by atoms with van der Waals surface area (Å²) in [5, 5.41) is 19.5. The zero-order valence-corrected chi connectivity index (χ0v) is 8.84. The van der Waals surface area contributed by atoms with Gasteiger partial charge in [0.05, 0.1) is 6.61 Å². The lowest BCUT2D eigenvalue weighted by atomic mass is 10.1. The van der Waals surface area contributed by atoms with Gasteiger partial charge in [-0.25, -0.2) is 4.99 Å². The molecule has 4 N–H and O–H groups in total. The Morgan fingerprint density at radius 1 is 1.41 bits per heavy atom. The molecule has 8 heteroatoms. The van der Waals surface area contributed by atoms with Crippen LogP contribution in [-0.4, -0.2) is 58.4 Å². The van der Waals surface area contributed by atoms with Crippen molar-refractivity contribution in [3.63, 3.8) is 0 Å². The number of aliphatic hydroxyl groups excluding tert-OH is 2. The van der Waals surface area contributed by atoms with E-state index in [1.54, 1.807) is 17.2 Å². The number of hydrogen-bond donors (Lipinski definition) is 3. The third-order valence-electron chi connectivity index (χ3n) is 2.97. The smallest absolute Gasteiger partial charge is 0.231 e. The molecule has 3 aliphatic rings. The molecular weight excluding hydrogens is 233 g/mol. The third kappa shape index (κ3) is 1.78. The van der Waals surface area contributed by atoms with Gasteiger partial charge in [-0.15, -0.1) is 0 Å². The molecule has 2 bridgehead atoms. The Morgan fingerprint density at radius 3 is 2.94 bits per heavy atom. The molecule has 7 nitrogen and oxygen atoms in total. The Balaban J connectivity index is 0.00000108. The summed E-state index contributed by atoms with van der Waals surface area (Å²) in [5.74, 6) is 0.370. The molecule has 0 spiro atoms. The molecule has 96 valence electrons. The molecule has 3 aliphatic heterocycles. The zero-order valence-electron chi connectivity index (χ0n) is 8.84. The monoisotopic (exact) mass is 247 g/mol. The maximum atomic E-state index is 9.81. The Labute approximate surface area is 96.5 Å². The van der Waals surface area contributed by atoms with Crippen LogP contribution in [0.4, 0.5) is 4.70 Å². The first-order valence-corrected chi connectivity index (χ1v) is 5.09. The normalized spacial score (nSPS) is 43.5. The van der Waals surface area contributed by atoms with Crippen LogP contribution in [0, 0.1) is 0 Å². The van der Waals surface area contributed by atoms with E-state index in [0.29, 0.717) is 5.84 Å². The number of aliphatic hydroxyl groups is 2. The van der Waals surface area contributed by atoms with Gasteiger partial charge in [0, 0.05) is 6.20 Å². The number of nitrogens with two attached hydrogens (primary N) is 1. The van der Waals surface area contributed by atoms with Crippen LogP contribution in [0.2, 0.25) is 0 Å². The van der Waals surface area contributed by atoms with E-state index in [0.717, 1.165) is 0 Å². The minimum Gasteiger partial charge on any atom is -0.387 e. The lowest BCUT2D eigenvalue weighted by Crippen LogP contribution is -2.49. The molecule has 3 rings (SSSR count). The Kier molecular flexibility index (Phi) is 3.04. The largest absolute Gasteiger partial charge is 0.387 e. The average Bonchev–Trinajstić information content (AvgIpc) is 2.48. The summed E-state index contributed by atoms with van der Waals surface area (Å²) in [5.41, 5.74) is 5.56. The number of amidine groups is 1. The van der Waals surface area contributed by atoms with Crippen molar-refractivity contribution in [2.24, 2.45) is 10.7 Å². The maximum Gasteiger partial charge on any atom is 0.231 e. The fourth-order valence-corrected chi connectivity index (χ4v) is 2.10. The highest BCUT2D eigenvalue weighted by molar-refractivity contribution is 5.91. The van der Waals surface area contributed by atoms with Crippen LogP contribution in [0.1, 0.15) is 0 Å². The molecule has 2 fully saturated rings. The molecule has 0 aliphatic carbocycles. The highest BCUT2D eigenvalue weighted by Crippen LogP contribution is 2.31. The first-order chi connectivity index (χ1) is 7.66. The van der Waals surface area contributed by atoms with Crippen molar-refractivity contribution in [2.45, 2.75) is 30.9 Å². The fourth-order valence-electron chi connectivity index (χ4n) is 2.10. The summed E-state index contributed by atoms with van der Waals surface area (Å²) in [6.45, 7) is 0.181. The van der Waals surface area contributed by atoms with Gasteiger partial charge in [-0.3, -0.25) is 4.70 Å². The Hall–Kier alpha value is -1.22. The number of ether oxygens (including phenoxy) is 2. The van der Waals surface area contributed by atoms with Crippen LogP contribution in [0.5, 0.6) is 0 Å². The summed E-state index contributed by atoms with van der Waals surface area (Å²) >= 11 is 0. The third-order valence-corrected chi connectivity index (χ3v) is 2.97. The van der Waals surface area contributed by atoms with Crippen molar-refractivity contribution < 1.29 is 24.4 Å². The van der Waals surface area contributed by atoms with E-state index in [2.05, 4.69) is 4.99 Å². The number of halogens is 1. The highest BCUT2D eigenvalue weighted by Gasteiger charge is 2.49. The van der Waals surface area contributed by atoms with Crippen LogP contribution >= 0.6 is 0 Å². The van der Waals surface area contributed by atoms with E-state index >= 15 is 0 Å². The lowest BCUT2D eigenvalue weighted by molar-refractivity contribution is -0.109. The molecule has 0 saturated carbocycles. The molecule has 0 radical (unpaired) electrons. The Morgan fingerprint density at radius 2 is 2.18 bits per heavy atom. The van der Waals surface area contributed by atoms with Crippen LogP contribution < -0.4 is 5.73 Å². The van der Waals surface area contributed by atoms with Crippen molar-refractivity contribution in [2.75, 3.05) is 6.61 Å². The van der Waals surface area contributed by atoms with Crippen molar-refractivity contribution in [3.05, 3.63) is 12.3 Å². The predicted molar refractivity (Wildman–Crippen MR) is 55.5 cm³/mol. The van der Waals surface area contributed by atoms with Crippen LogP contribution in [0.25, 0.3) is 0 Å². The number of nitrogens with zero attached hydrogens (tertiary/aromatic N) is 2. The molecule has 0 aromatic heterocycles. The van der Waals surface area contributed by atoms with Crippen molar-refractivity contribution >= 4 is 5.84 Å². The highest BCUT2D eigenvalue weighted by atomic mass is 19.0. The quantitative estimate of drug-likeness (QED) is 0.461.